The lowest BCUT2D eigenvalue weighted by Crippen LogP contribution is -2.37. The predicted molar refractivity (Wildman–Crippen MR) is 37.4 cm³/mol. The van der Waals surface area contributed by atoms with E-state index in [0.717, 1.165) is 19.7 Å². The summed E-state index contributed by atoms with van der Waals surface area (Å²) in [4.78, 5) is 0. The number of rotatable bonds is 1. The molecule has 1 heterocycles. The monoisotopic (exact) mass is 127 g/mol. The molecule has 0 bridgehead atoms. The minimum absolute atomic E-state index is 0.309. The van der Waals surface area contributed by atoms with Crippen LogP contribution < -0.4 is 5.32 Å². The van der Waals surface area contributed by atoms with Crippen molar-refractivity contribution in [3.8, 4) is 0 Å². The molecule has 0 aromatic carbocycles. The average molecular weight is 127 g/mol. The molecule has 0 aromatic heterocycles. The van der Waals surface area contributed by atoms with Crippen molar-refractivity contribution in [3.63, 3.8) is 0 Å². The van der Waals surface area contributed by atoms with Crippen molar-refractivity contribution in [1.82, 2.24) is 5.32 Å². The van der Waals surface area contributed by atoms with Gasteiger partial charge in [0.2, 0.25) is 0 Å². The van der Waals surface area contributed by atoms with Gasteiger partial charge < -0.3 is 10.1 Å². The first-order valence-corrected chi connectivity index (χ1v) is 3.38. The maximum atomic E-state index is 5.37. The van der Waals surface area contributed by atoms with Crippen molar-refractivity contribution in [2.24, 2.45) is 0 Å². The van der Waals surface area contributed by atoms with Crippen molar-refractivity contribution in [2.75, 3.05) is 19.7 Å². The Morgan fingerprint density at radius 3 is 3.11 bits per heavy atom. The van der Waals surface area contributed by atoms with Gasteiger partial charge in [0, 0.05) is 13.1 Å². The highest BCUT2D eigenvalue weighted by atomic mass is 16.5. The summed E-state index contributed by atoms with van der Waals surface area (Å²) >= 11 is 0. The van der Waals surface area contributed by atoms with Gasteiger partial charge in [-0.1, -0.05) is 12.2 Å². The standard InChI is InChI=1S/C7H13NO/c1-2-3-7-6-8-4-5-9-7/h2-3,7-8H,4-6H2,1H3. The Bertz CT molecular complexity index is 95.1. The second-order valence-corrected chi connectivity index (χ2v) is 2.14. The summed E-state index contributed by atoms with van der Waals surface area (Å²) in [6.45, 7) is 4.81. The molecule has 1 aliphatic rings. The van der Waals surface area contributed by atoms with E-state index < -0.39 is 0 Å². The van der Waals surface area contributed by atoms with Gasteiger partial charge in [0.05, 0.1) is 12.7 Å². The summed E-state index contributed by atoms with van der Waals surface area (Å²) in [5.41, 5.74) is 0. The van der Waals surface area contributed by atoms with Crippen LogP contribution in [-0.2, 0) is 4.74 Å². The van der Waals surface area contributed by atoms with Crippen molar-refractivity contribution in [2.45, 2.75) is 13.0 Å². The molecule has 52 valence electrons. The maximum absolute atomic E-state index is 5.37. The largest absolute Gasteiger partial charge is 0.372 e. The molecular weight excluding hydrogens is 114 g/mol. The van der Waals surface area contributed by atoms with Gasteiger partial charge in [-0.3, -0.25) is 0 Å². The summed E-state index contributed by atoms with van der Waals surface area (Å²) in [7, 11) is 0. The smallest absolute Gasteiger partial charge is 0.0880 e. The Morgan fingerprint density at radius 2 is 2.56 bits per heavy atom. The van der Waals surface area contributed by atoms with E-state index >= 15 is 0 Å². The molecule has 1 aliphatic heterocycles. The number of hydrogen-bond acceptors (Lipinski definition) is 2. The van der Waals surface area contributed by atoms with Crippen LogP contribution >= 0.6 is 0 Å². The minimum Gasteiger partial charge on any atom is -0.372 e. The first kappa shape index (κ1) is 6.78. The molecule has 0 aliphatic carbocycles. The number of nitrogens with one attached hydrogen (secondary N) is 1. The van der Waals surface area contributed by atoms with E-state index in [0.29, 0.717) is 6.10 Å². The Balaban J connectivity index is 2.23. The molecule has 0 radical (unpaired) electrons. The first-order valence-electron chi connectivity index (χ1n) is 3.38. The van der Waals surface area contributed by atoms with Crippen molar-refractivity contribution >= 4 is 0 Å². The Kier molecular flexibility index (Phi) is 2.74. The fourth-order valence-corrected chi connectivity index (χ4v) is 0.924. The van der Waals surface area contributed by atoms with Crippen LogP contribution in [0.25, 0.3) is 0 Å². The van der Waals surface area contributed by atoms with Gasteiger partial charge in [0.25, 0.3) is 0 Å². The molecule has 1 rings (SSSR count). The van der Waals surface area contributed by atoms with Crippen molar-refractivity contribution < 1.29 is 4.74 Å². The second kappa shape index (κ2) is 3.64. The molecule has 0 spiro atoms. The van der Waals surface area contributed by atoms with Crippen molar-refractivity contribution in [3.05, 3.63) is 12.2 Å². The number of hydrogen-bond donors (Lipinski definition) is 1. The van der Waals surface area contributed by atoms with Crippen LogP contribution in [0.2, 0.25) is 0 Å². The molecule has 1 atom stereocenters. The highest BCUT2D eigenvalue weighted by molar-refractivity contribution is 4.89. The van der Waals surface area contributed by atoms with E-state index in [9.17, 15) is 0 Å². The predicted octanol–water partition coefficient (Wildman–Crippen LogP) is 0.551. The lowest BCUT2D eigenvalue weighted by molar-refractivity contribution is 0.0591. The third-order valence-corrected chi connectivity index (χ3v) is 1.36. The van der Waals surface area contributed by atoms with Gasteiger partial charge >= 0.3 is 0 Å². The summed E-state index contributed by atoms with van der Waals surface area (Å²) < 4.78 is 5.37. The zero-order valence-corrected chi connectivity index (χ0v) is 5.76. The average Bonchev–Trinajstić information content (AvgIpc) is 1.91. The van der Waals surface area contributed by atoms with E-state index in [-0.39, 0.29) is 0 Å². The fourth-order valence-electron chi connectivity index (χ4n) is 0.924. The van der Waals surface area contributed by atoms with Crippen LogP contribution in [0.5, 0.6) is 0 Å². The van der Waals surface area contributed by atoms with Crippen LogP contribution in [0.3, 0.4) is 0 Å². The maximum Gasteiger partial charge on any atom is 0.0880 e. The minimum atomic E-state index is 0.309. The van der Waals surface area contributed by atoms with Gasteiger partial charge in [-0.15, -0.1) is 0 Å². The Hall–Kier alpha value is -0.340. The van der Waals surface area contributed by atoms with Crippen LogP contribution in [0, 0.1) is 0 Å². The summed E-state index contributed by atoms with van der Waals surface area (Å²) in [5, 5.41) is 3.24. The molecule has 0 amide bonds. The van der Waals surface area contributed by atoms with E-state index in [4.69, 9.17) is 4.74 Å². The second-order valence-electron chi connectivity index (χ2n) is 2.14. The Labute approximate surface area is 55.9 Å². The summed E-state index contributed by atoms with van der Waals surface area (Å²) in [6, 6.07) is 0. The van der Waals surface area contributed by atoms with E-state index in [1.807, 2.05) is 13.0 Å². The van der Waals surface area contributed by atoms with Crippen LogP contribution in [0.1, 0.15) is 6.92 Å². The van der Waals surface area contributed by atoms with E-state index in [1.54, 1.807) is 0 Å². The molecular formula is C7H13NO. The normalized spacial score (nSPS) is 29.2. The molecule has 9 heavy (non-hydrogen) atoms. The fraction of sp³-hybridized carbons (Fsp3) is 0.714. The van der Waals surface area contributed by atoms with Crippen LogP contribution in [0.15, 0.2) is 12.2 Å². The van der Waals surface area contributed by atoms with E-state index in [2.05, 4.69) is 11.4 Å². The molecule has 0 aromatic rings. The molecule has 0 saturated carbocycles. The van der Waals surface area contributed by atoms with Gasteiger partial charge in [0.1, 0.15) is 0 Å². The van der Waals surface area contributed by atoms with E-state index in [1.165, 1.54) is 0 Å². The van der Waals surface area contributed by atoms with Crippen molar-refractivity contribution in [1.29, 1.82) is 0 Å². The quantitative estimate of drug-likeness (QED) is 0.519. The number of morpholine rings is 1. The summed E-state index contributed by atoms with van der Waals surface area (Å²) in [6.07, 6.45) is 4.41. The van der Waals surface area contributed by atoms with Crippen LogP contribution in [0.4, 0.5) is 0 Å². The lowest BCUT2D eigenvalue weighted by Gasteiger charge is -2.20. The molecule has 1 fully saturated rings. The zero-order valence-electron chi connectivity index (χ0n) is 5.76. The third kappa shape index (κ3) is 2.16. The van der Waals surface area contributed by atoms with Gasteiger partial charge in [0.15, 0.2) is 0 Å². The van der Waals surface area contributed by atoms with Gasteiger partial charge in [-0.25, -0.2) is 0 Å². The molecule has 1 unspecified atom stereocenters. The topological polar surface area (TPSA) is 21.3 Å². The molecule has 1 N–H and O–H groups in total. The Morgan fingerprint density at radius 1 is 1.67 bits per heavy atom. The SMILES string of the molecule is CC=CC1CNCCO1. The number of allylic oxidation sites excluding steroid dienone is 1. The third-order valence-electron chi connectivity index (χ3n) is 1.36. The lowest BCUT2D eigenvalue weighted by atomic mass is 10.3. The molecule has 2 nitrogen and oxygen atoms in total. The van der Waals surface area contributed by atoms with Gasteiger partial charge in [-0.05, 0) is 6.92 Å². The summed E-state index contributed by atoms with van der Waals surface area (Å²) in [5.74, 6) is 0. The first-order chi connectivity index (χ1) is 4.43. The molecule has 2 heteroatoms. The molecule has 1 saturated heterocycles. The van der Waals surface area contributed by atoms with Crippen LogP contribution in [-0.4, -0.2) is 25.8 Å². The number of ether oxygens (including phenoxy) is 1. The highest BCUT2D eigenvalue weighted by Crippen LogP contribution is 1.96. The van der Waals surface area contributed by atoms with Gasteiger partial charge in [-0.2, -0.15) is 0 Å². The highest BCUT2D eigenvalue weighted by Gasteiger charge is 2.07. The zero-order chi connectivity index (χ0) is 6.53.